The summed E-state index contributed by atoms with van der Waals surface area (Å²) in [7, 11) is 0. The van der Waals surface area contributed by atoms with E-state index in [0.717, 1.165) is 31.1 Å². The average molecular weight is 411 g/mol. The van der Waals surface area contributed by atoms with Crippen molar-refractivity contribution in [3.63, 3.8) is 0 Å². The zero-order chi connectivity index (χ0) is 20.3. The van der Waals surface area contributed by atoms with Crippen molar-refractivity contribution in [3.8, 4) is 5.75 Å². The van der Waals surface area contributed by atoms with Gasteiger partial charge in [0.15, 0.2) is 0 Å². The van der Waals surface area contributed by atoms with Crippen LogP contribution in [0.15, 0.2) is 24.3 Å². The van der Waals surface area contributed by atoms with Crippen LogP contribution >= 0.6 is 0 Å². The lowest BCUT2D eigenvalue weighted by molar-refractivity contribution is -0.154. The number of halogens is 3. The summed E-state index contributed by atoms with van der Waals surface area (Å²) in [6, 6.07) is 9.68. The summed E-state index contributed by atoms with van der Waals surface area (Å²) < 4.78 is 44.3. The molecule has 3 aliphatic rings. The molecular formula is C23H33F3N2O. The predicted molar refractivity (Wildman–Crippen MR) is 108 cm³/mol. The number of likely N-dealkylation sites (tertiary alicyclic amines) is 1. The van der Waals surface area contributed by atoms with Crippen LogP contribution in [0.25, 0.3) is 0 Å². The Labute approximate surface area is 172 Å². The molecule has 0 aromatic heterocycles. The summed E-state index contributed by atoms with van der Waals surface area (Å²) in [5.41, 5.74) is 1.37. The molecule has 3 heterocycles. The molecule has 4 rings (SSSR count). The van der Waals surface area contributed by atoms with Crippen LogP contribution in [0.5, 0.6) is 5.75 Å². The minimum atomic E-state index is -4.13. The number of rotatable bonds is 6. The first-order valence-corrected chi connectivity index (χ1v) is 11.3. The van der Waals surface area contributed by atoms with Crippen molar-refractivity contribution < 1.29 is 17.9 Å². The molecule has 0 amide bonds. The molecule has 0 radical (unpaired) electrons. The first-order valence-electron chi connectivity index (χ1n) is 11.3. The molecular weight excluding hydrogens is 377 g/mol. The van der Waals surface area contributed by atoms with Gasteiger partial charge in [-0.1, -0.05) is 25.0 Å². The number of fused-ring (bicyclic) bond motifs is 1. The molecule has 1 aromatic carbocycles. The number of alkyl halides is 3. The van der Waals surface area contributed by atoms with Gasteiger partial charge in [-0.15, -0.1) is 0 Å². The van der Waals surface area contributed by atoms with E-state index in [1.807, 2.05) is 12.1 Å². The van der Waals surface area contributed by atoms with Gasteiger partial charge in [0.05, 0.1) is 13.2 Å². The highest BCUT2D eigenvalue weighted by molar-refractivity contribution is 5.30. The topological polar surface area (TPSA) is 15.7 Å². The van der Waals surface area contributed by atoms with Crippen molar-refractivity contribution in [1.29, 1.82) is 0 Å². The van der Waals surface area contributed by atoms with E-state index in [1.165, 1.54) is 44.2 Å². The predicted octanol–water partition coefficient (Wildman–Crippen LogP) is 5.56. The fraction of sp³-hybridized carbons (Fsp3) is 0.739. The Hall–Kier alpha value is -1.27. The first-order chi connectivity index (χ1) is 14.0. The maximum Gasteiger partial charge on any atom is 0.401 e. The zero-order valence-electron chi connectivity index (χ0n) is 17.2. The van der Waals surface area contributed by atoms with E-state index in [0.29, 0.717) is 25.6 Å². The van der Waals surface area contributed by atoms with Crippen LogP contribution < -0.4 is 4.74 Å². The van der Waals surface area contributed by atoms with E-state index < -0.39 is 12.7 Å². The lowest BCUT2D eigenvalue weighted by atomic mass is 9.99. The van der Waals surface area contributed by atoms with E-state index in [1.54, 1.807) is 4.90 Å². The van der Waals surface area contributed by atoms with Crippen molar-refractivity contribution in [2.75, 3.05) is 26.2 Å². The second kappa shape index (κ2) is 9.25. The van der Waals surface area contributed by atoms with Gasteiger partial charge in [0.2, 0.25) is 0 Å². The van der Waals surface area contributed by atoms with Gasteiger partial charge < -0.3 is 4.74 Å². The number of ether oxygens (including phenoxy) is 1. The highest BCUT2D eigenvalue weighted by atomic mass is 19.4. The molecule has 3 saturated heterocycles. The smallest absolute Gasteiger partial charge is 0.401 e. The third-order valence-electron chi connectivity index (χ3n) is 6.96. The lowest BCUT2D eigenvalue weighted by Gasteiger charge is -2.36. The Balaban J connectivity index is 1.27. The van der Waals surface area contributed by atoms with Crippen molar-refractivity contribution in [1.82, 2.24) is 9.80 Å². The molecule has 29 heavy (non-hydrogen) atoms. The highest BCUT2D eigenvalue weighted by Crippen LogP contribution is 2.40. The minimum absolute atomic E-state index is 0.0285. The zero-order valence-corrected chi connectivity index (χ0v) is 17.2. The molecule has 3 nitrogen and oxygen atoms in total. The van der Waals surface area contributed by atoms with E-state index in [4.69, 9.17) is 4.74 Å². The van der Waals surface area contributed by atoms with Crippen LogP contribution in [-0.2, 0) is 0 Å². The van der Waals surface area contributed by atoms with E-state index in [2.05, 4.69) is 17.0 Å². The molecule has 0 bridgehead atoms. The lowest BCUT2D eigenvalue weighted by Crippen LogP contribution is -2.45. The van der Waals surface area contributed by atoms with Crippen molar-refractivity contribution in [3.05, 3.63) is 29.8 Å². The standard InChI is InChI=1S/C23H33F3N2O/c24-23(25,26)17-27-14-3-1-5-19(27)13-16-29-21-10-7-18(8-11-21)22-12-9-20-6-2-4-15-28(20)22/h7-8,10-11,19-20,22H,1-6,9,12-17H2/t19?,20-,22-/m1/s1. The number of hydrogen-bond acceptors (Lipinski definition) is 3. The molecule has 1 aromatic rings. The third-order valence-corrected chi connectivity index (χ3v) is 6.96. The number of nitrogens with zero attached hydrogens (tertiary/aromatic N) is 2. The maximum absolute atomic E-state index is 12.8. The summed E-state index contributed by atoms with van der Waals surface area (Å²) in [5.74, 6) is 0.820. The van der Waals surface area contributed by atoms with Gasteiger partial charge in [0.1, 0.15) is 5.75 Å². The Kier molecular flexibility index (Phi) is 6.69. The summed E-state index contributed by atoms with van der Waals surface area (Å²) in [6.45, 7) is 1.42. The Bertz CT molecular complexity index is 649. The molecule has 0 saturated carbocycles. The summed E-state index contributed by atoms with van der Waals surface area (Å²) in [5, 5.41) is 0. The van der Waals surface area contributed by atoms with E-state index in [9.17, 15) is 13.2 Å². The molecule has 3 aliphatic heterocycles. The fourth-order valence-corrected chi connectivity index (χ4v) is 5.54. The van der Waals surface area contributed by atoms with Gasteiger partial charge in [-0.25, -0.2) is 0 Å². The molecule has 0 N–H and O–H groups in total. The fourth-order valence-electron chi connectivity index (χ4n) is 5.54. The molecule has 1 unspecified atom stereocenters. The minimum Gasteiger partial charge on any atom is -0.494 e. The maximum atomic E-state index is 12.8. The molecule has 6 heteroatoms. The average Bonchev–Trinajstić information content (AvgIpc) is 3.13. The van der Waals surface area contributed by atoms with Gasteiger partial charge >= 0.3 is 6.18 Å². The van der Waals surface area contributed by atoms with Gasteiger partial charge in [-0.05, 0) is 75.7 Å². The monoisotopic (exact) mass is 410 g/mol. The quantitative estimate of drug-likeness (QED) is 0.610. The van der Waals surface area contributed by atoms with Crippen LogP contribution in [0, 0.1) is 0 Å². The van der Waals surface area contributed by atoms with Crippen LogP contribution in [0.4, 0.5) is 13.2 Å². The van der Waals surface area contributed by atoms with Crippen molar-refractivity contribution >= 4 is 0 Å². The second-order valence-corrected chi connectivity index (χ2v) is 8.92. The van der Waals surface area contributed by atoms with Crippen molar-refractivity contribution in [2.45, 2.75) is 82.1 Å². The summed E-state index contributed by atoms with van der Waals surface area (Å²) >= 11 is 0. The highest BCUT2D eigenvalue weighted by Gasteiger charge is 2.36. The van der Waals surface area contributed by atoms with Crippen LogP contribution in [0.1, 0.15) is 69.4 Å². The van der Waals surface area contributed by atoms with Crippen LogP contribution in [0.3, 0.4) is 0 Å². The molecule has 0 aliphatic carbocycles. The Morgan fingerprint density at radius 3 is 2.45 bits per heavy atom. The number of piperidine rings is 2. The summed E-state index contributed by atoms with van der Waals surface area (Å²) in [6.07, 6.45) is 5.76. The first kappa shape index (κ1) is 21.0. The van der Waals surface area contributed by atoms with Crippen LogP contribution in [-0.4, -0.2) is 54.3 Å². The van der Waals surface area contributed by atoms with E-state index >= 15 is 0 Å². The second-order valence-electron chi connectivity index (χ2n) is 8.92. The van der Waals surface area contributed by atoms with Gasteiger partial charge in [-0.2, -0.15) is 13.2 Å². The normalized spacial score (nSPS) is 29.0. The molecule has 162 valence electrons. The van der Waals surface area contributed by atoms with Crippen LogP contribution in [0.2, 0.25) is 0 Å². The molecule has 3 atom stereocenters. The number of hydrogen-bond donors (Lipinski definition) is 0. The van der Waals surface area contributed by atoms with Gasteiger partial charge in [0.25, 0.3) is 0 Å². The summed E-state index contributed by atoms with van der Waals surface area (Å²) in [4.78, 5) is 4.27. The van der Waals surface area contributed by atoms with E-state index in [-0.39, 0.29) is 6.04 Å². The van der Waals surface area contributed by atoms with Gasteiger partial charge in [-0.3, -0.25) is 9.80 Å². The van der Waals surface area contributed by atoms with Crippen molar-refractivity contribution in [2.24, 2.45) is 0 Å². The number of benzene rings is 1. The molecule has 3 fully saturated rings. The molecule has 0 spiro atoms. The SMILES string of the molecule is FC(F)(F)CN1CCCCC1CCOc1ccc([C@H]2CC[C@H]3CCCCN32)cc1. The largest absolute Gasteiger partial charge is 0.494 e. The Morgan fingerprint density at radius 2 is 1.66 bits per heavy atom. The Morgan fingerprint density at radius 1 is 0.897 bits per heavy atom. The third kappa shape index (κ3) is 5.46. The van der Waals surface area contributed by atoms with Gasteiger partial charge in [0, 0.05) is 18.1 Å².